The maximum atomic E-state index is 11.6. The zero-order chi connectivity index (χ0) is 14.3. The summed E-state index contributed by atoms with van der Waals surface area (Å²) in [6.45, 7) is 2.18. The van der Waals surface area contributed by atoms with Gasteiger partial charge in [-0.2, -0.15) is 0 Å². The second kappa shape index (κ2) is 8.25. The average Bonchev–Trinajstić information content (AvgIpc) is 2.39. The molecule has 6 heteroatoms. The van der Waals surface area contributed by atoms with Crippen molar-refractivity contribution in [3.63, 3.8) is 0 Å². The Labute approximate surface area is 123 Å². The molecular weight excluding hydrogens is 287 g/mol. The van der Waals surface area contributed by atoms with Crippen molar-refractivity contribution in [1.29, 1.82) is 0 Å². The summed E-state index contributed by atoms with van der Waals surface area (Å²) in [5, 5.41) is 15.0. The number of benzene rings is 1. The van der Waals surface area contributed by atoms with Crippen LogP contribution in [0.25, 0.3) is 0 Å². The molecule has 0 heterocycles. The van der Waals surface area contributed by atoms with Gasteiger partial charge in [0.1, 0.15) is 0 Å². The number of amides is 2. The van der Waals surface area contributed by atoms with E-state index in [0.717, 1.165) is 18.4 Å². The quantitative estimate of drug-likeness (QED) is 0.756. The van der Waals surface area contributed by atoms with Crippen molar-refractivity contribution in [2.75, 3.05) is 13.2 Å². The normalized spacial score (nSPS) is 12.0. The first kappa shape index (κ1) is 16.1. The summed E-state index contributed by atoms with van der Waals surface area (Å²) in [4.78, 5) is 11.6. The number of rotatable bonds is 6. The van der Waals surface area contributed by atoms with Crippen molar-refractivity contribution < 1.29 is 9.90 Å². The van der Waals surface area contributed by atoms with E-state index >= 15 is 0 Å². The number of halogens is 2. The first-order valence-corrected chi connectivity index (χ1v) is 6.94. The molecule has 1 aromatic carbocycles. The van der Waals surface area contributed by atoms with Crippen molar-refractivity contribution in [2.24, 2.45) is 0 Å². The standard InChI is InChI=1S/C13H18Cl2N2O2/c1-2-3-12(17-13(19)16-6-7-18)9-4-5-10(14)11(15)8-9/h4-5,8,12,18H,2-3,6-7H2,1H3,(H2,16,17,19). The third-order valence-electron chi connectivity index (χ3n) is 2.63. The summed E-state index contributed by atoms with van der Waals surface area (Å²) in [5.41, 5.74) is 0.912. The van der Waals surface area contributed by atoms with Crippen molar-refractivity contribution in [1.82, 2.24) is 10.6 Å². The van der Waals surface area contributed by atoms with Crippen LogP contribution in [0.2, 0.25) is 10.0 Å². The number of hydrogen-bond acceptors (Lipinski definition) is 2. The van der Waals surface area contributed by atoms with Gasteiger partial charge in [-0.05, 0) is 24.1 Å². The SMILES string of the molecule is CCCC(NC(=O)NCCO)c1ccc(Cl)c(Cl)c1. The molecule has 0 aliphatic heterocycles. The van der Waals surface area contributed by atoms with Gasteiger partial charge in [-0.1, -0.05) is 42.6 Å². The highest BCUT2D eigenvalue weighted by Gasteiger charge is 2.14. The van der Waals surface area contributed by atoms with Gasteiger partial charge in [-0.25, -0.2) is 4.79 Å². The van der Waals surface area contributed by atoms with Crippen LogP contribution in [0.3, 0.4) is 0 Å². The minimum atomic E-state index is -0.307. The zero-order valence-corrected chi connectivity index (χ0v) is 12.3. The highest BCUT2D eigenvalue weighted by Crippen LogP contribution is 2.27. The maximum Gasteiger partial charge on any atom is 0.315 e. The van der Waals surface area contributed by atoms with E-state index in [9.17, 15) is 4.79 Å². The lowest BCUT2D eigenvalue weighted by Gasteiger charge is -2.19. The van der Waals surface area contributed by atoms with E-state index in [1.54, 1.807) is 12.1 Å². The third kappa shape index (κ3) is 5.27. The molecule has 0 aliphatic rings. The van der Waals surface area contributed by atoms with E-state index < -0.39 is 0 Å². The smallest absolute Gasteiger partial charge is 0.315 e. The van der Waals surface area contributed by atoms with E-state index in [1.807, 2.05) is 13.0 Å². The predicted octanol–water partition coefficient (Wildman–Crippen LogP) is 3.13. The fraction of sp³-hybridized carbons (Fsp3) is 0.462. The molecular formula is C13H18Cl2N2O2. The van der Waals surface area contributed by atoms with Crippen LogP contribution in [-0.2, 0) is 0 Å². The van der Waals surface area contributed by atoms with E-state index in [-0.39, 0.29) is 25.2 Å². The molecule has 1 rings (SSSR count). The lowest BCUT2D eigenvalue weighted by Crippen LogP contribution is -2.39. The number of aliphatic hydroxyl groups is 1. The van der Waals surface area contributed by atoms with Gasteiger partial charge in [0, 0.05) is 6.54 Å². The van der Waals surface area contributed by atoms with Crippen molar-refractivity contribution in [3.05, 3.63) is 33.8 Å². The monoisotopic (exact) mass is 304 g/mol. The summed E-state index contributed by atoms with van der Waals surface area (Å²) >= 11 is 11.9. The number of urea groups is 1. The number of aliphatic hydroxyl groups excluding tert-OH is 1. The summed E-state index contributed by atoms with van der Waals surface area (Å²) in [7, 11) is 0. The Morgan fingerprint density at radius 3 is 2.68 bits per heavy atom. The Morgan fingerprint density at radius 2 is 2.11 bits per heavy atom. The molecule has 0 bridgehead atoms. The predicted molar refractivity (Wildman–Crippen MR) is 77.7 cm³/mol. The van der Waals surface area contributed by atoms with Gasteiger partial charge >= 0.3 is 6.03 Å². The van der Waals surface area contributed by atoms with Crippen LogP contribution in [0.5, 0.6) is 0 Å². The molecule has 0 aromatic heterocycles. The molecule has 3 N–H and O–H groups in total. The average molecular weight is 305 g/mol. The number of hydrogen-bond donors (Lipinski definition) is 3. The minimum Gasteiger partial charge on any atom is -0.395 e. The molecule has 1 unspecified atom stereocenters. The van der Waals surface area contributed by atoms with Crippen LogP contribution < -0.4 is 10.6 Å². The second-order valence-corrected chi connectivity index (χ2v) is 4.95. The van der Waals surface area contributed by atoms with E-state index in [1.165, 1.54) is 0 Å². The van der Waals surface area contributed by atoms with Gasteiger partial charge in [0.15, 0.2) is 0 Å². The number of carbonyl (C=O) groups excluding carboxylic acids is 1. The number of carbonyl (C=O) groups is 1. The Morgan fingerprint density at radius 1 is 1.37 bits per heavy atom. The summed E-state index contributed by atoms with van der Waals surface area (Å²) in [5.74, 6) is 0. The van der Waals surface area contributed by atoms with Gasteiger partial charge < -0.3 is 15.7 Å². The van der Waals surface area contributed by atoms with Crippen LogP contribution >= 0.6 is 23.2 Å². The Balaban J connectivity index is 2.75. The van der Waals surface area contributed by atoms with Gasteiger partial charge in [-0.15, -0.1) is 0 Å². The summed E-state index contributed by atoms with van der Waals surface area (Å²) in [6.07, 6.45) is 1.72. The topological polar surface area (TPSA) is 61.4 Å². The van der Waals surface area contributed by atoms with Crippen LogP contribution in [0.15, 0.2) is 18.2 Å². The molecule has 0 saturated heterocycles. The lowest BCUT2D eigenvalue weighted by atomic mass is 10.0. The van der Waals surface area contributed by atoms with Crippen LogP contribution in [0.4, 0.5) is 4.79 Å². The molecule has 0 spiro atoms. The fourth-order valence-corrected chi connectivity index (χ4v) is 2.03. The van der Waals surface area contributed by atoms with Crippen LogP contribution in [0.1, 0.15) is 31.4 Å². The highest BCUT2D eigenvalue weighted by molar-refractivity contribution is 6.42. The largest absolute Gasteiger partial charge is 0.395 e. The molecule has 0 fully saturated rings. The maximum absolute atomic E-state index is 11.6. The van der Waals surface area contributed by atoms with Gasteiger partial charge in [0.2, 0.25) is 0 Å². The molecule has 19 heavy (non-hydrogen) atoms. The molecule has 1 aromatic rings. The summed E-state index contributed by atoms with van der Waals surface area (Å²) in [6, 6.07) is 4.89. The second-order valence-electron chi connectivity index (χ2n) is 4.14. The minimum absolute atomic E-state index is 0.0847. The number of nitrogens with one attached hydrogen (secondary N) is 2. The molecule has 1 atom stereocenters. The summed E-state index contributed by atoms with van der Waals surface area (Å²) < 4.78 is 0. The van der Waals surface area contributed by atoms with Gasteiger partial charge in [-0.3, -0.25) is 0 Å². The molecule has 0 saturated carbocycles. The zero-order valence-electron chi connectivity index (χ0n) is 10.7. The molecule has 0 aliphatic carbocycles. The first-order valence-electron chi connectivity index (χ1n) is 6.18. The molecule has 4 nitrogen and oxygen atoms in total. The lowest BCUT2D eigenvalue weighted by molar-refractivity contribution is 0.230. The van der Waals surface area contributed by atoms with Gasteiger partial charge in [0.25, 0.3) is 0 Å². The first-order chi connectivity index (χ1) is 9.08. The Bertz CT molecular complexity index is 427. The van der Waals surface area contributed by atoms with Gasteiger partial charge in [0.05, 0.1) is 22.7 Å². The van der Waals surface area contributed by atoms with E-state index in [4.69, 9.17) is 28.3 Å². The van der Waals surface area contributed by atoms with E-state index in [0.29, 0.717) is 10.0 Å². The van der Waals surface area contributed by atoms with Crippen molar-refractivity contribution in [2.45, 2.75) is 25.8 Å². The van der Waals surface area contributed by atoms with Crippen molar-refractivity contribution in [3.8, 4) is 0 Å². The highest BCUT2D eigenvalue weighted by atomic mass is 35.5. The molecule has 2 amide bonds. The van der Waals surface area contributed by atoms with Crippen LogP contribution in [0, 0.1) is 0 Å². The molecule has 106 valence electrons. The Hall–Kier alpha value is -0.970. The third-order valence-corrected chi connectivity index (χ3v) is 3.37. The van der Waals surface area contributed by atoms with Crippen LogP contribution in [-0.4, -0.2) is 24.3 Å². The van der Waals surface area contributed by atoms with Crippen molar-refractivity contribution >= 4 is 29.2 Å². The fourth-order valence-electron chi connectivity index (χ4n) is 1.72. The van der Waals surface area contributed by atoms with E-state index in [2.05, 4.69) is 10.6 Å². The Kier molecular flexibility index (Phi) is 6.99. The molecule has 0 radical (unpaired) electrons.